The summed E-state index contributed by atoms with van der Waals surface area (Å²) in [5, 5.41) is 10.9. The zero-order chi connectivity index (χ0) is 18.7. The van der Waals surface area contributed by atoms with Crippen molar-refractivity contribution < 1.29 is 9.90 Å². The molecule has 1 aromatic heterocycles. The number of benzene rings is 2. The van der Waals surface area contributed by atoms with Crippen LogP contribution < -0.4 is 11.3 Å². The van der Waals surface area contributed by atoms with Gasteiger partial charge in [-0.2, -0.15) is 0 Å². The molecule has 0 radical (unpaired) electrons. The molecule has 0 spiro atoms. The van der Waals surface area contributed by atoms with Crippen LogP contribution in [0.5, 0.6) is 5.75 Å². The van der Waals surface area contributed by atoms with E-state index < -0.39 is 17.4 Å². The van der Waals surface area contributed by atoms with Gasteiger partial charge in [-0.1, -0.05) is 54.6 Å². The number of aromatic hydroxyl groups is 1. The lowest BCUT2D eigenvalue weighted by molar-refractivity contribution is 0.0975. The summed E-state index contributed by atoms with van der Waals surface area (Å²) >= 11 is 0. The van der Waals surface area contributed by atoms with E-state index in [0.29, 0.717) is 10.9 Å². The summed E-state index contributed by atoms with van der Waals surface area (Å²) in [4.78, 5) is 25.1. The molecule has 5 nitrogen and oxygen atoms in total. The lowest BCUT2D eigenvalue weighted by atomic mass is 10.0. The van der Waals surface area contributed by atoms with Gasteiger partial charge in [0.05, 0.1) is 5.52 Å². The second-order valence-electron chi connectivity index (χ2n) is 6.17. The summed E-state index contributed by atoms with van der Waals surface area (Å²) < 4.78 is 1.37. The minimum absolute atomic E-state index is 0.0650. The number of aryl methyl sites for hydroxylation is 1. The summed E-state index contributed by atoms with van der Waals surface area (Å²) in [7, 11) is 1.58. The molecule has 0 saturated heterocycles. The zero-order valence-electron chi connectivity index (χ0n) is 14.4. The molecule has 0 aliphatic heterocycles. The maximum Gasteiger partial charge on any atom is 0.265 e. The molecule has 3 aromatic rings. The Morgan fingerprint density at radius 2 is 1.81 bits per heavy atom. The number of aromatic nitrogens is 1. The van der Waals surface area contributed by atoms with E-state index in [0.717, 1.165) is 5.56 Å². The van der Waals surface area contributed by atoms with Crippen LogP contribution in [0.25, 0.3) is 17.0 Å². The Kier molecular flexibility index (Phi) is 5.00. The van der Waals surface area contributed by atoms with Crippen LogP contribution in [0.3, 0.4) is 0 Å². The van der Waals surface area contributed by atoms with Crippen molar-refractivity contribution in [2.75, 3.05) is 0 Å². The van der Waals surface area contributed by atoms with E-state index >= 15 is 0 Å². The van der Waals surface area contributed by atoms with Crippen molar-refractivity contribution in [3.05, 3.63) is 82.2 Å². The first-order chi connectivity index (χ1) is 12.5. The normalized spacial score (nSPS) is 12.5. The van der Waals surface area contributed by atoms with E-state index in [1.54, 1.807) is 37.4 Å². The minimum atomic E-state index is -0.557. The Balaban J connectivity index is 1.88. The summed E-state index contributed by atoms with van der Waals surface area (Å²) in [5.41, 5.74) is 6.82. The molecule has 2 aromatic carbocycles. The molecule has 0 bridgehead atoms. The van der Waals surface area contributed by atoms with Crippen LogP contribution in [0.1, 0.15) is 22.3 Å². The number of nitrogens with two attached hydrogens (primary N) is 1. The maximum absolute atomic E-state index is 12.6. The third kappa shape index (κ3) is 3.43. The predicted molar refractivity (Wildman–Crippen MR) is 103 cm³/mol. The highest BCUT2D eigenvalue weighted by Crippen LogP contribution is 2.26. The summed E-state index contributed by atoms with van der Waals surface area (Å²) in [6.07, 6.45) is 3.48. The molecule has 0 aliphatic carbocycles. The number of hydrogen-bond donors (Lipinski definition) is 2. The lowest BCUT2D eigenvalue weighted by Gasteiger charge is -2.12. The van der Waals surface area contributed by atoms with Crippen LogP contribution in [0.4, 0.5) is 0 Å². The number of Topliss-reactive ketones (excluding diaryl/α,β-unsaturated/α-hetero) is 1. The minimum Gasteiger partial charge on any atom is -0.506 e. The molecule has 1 unspecified atom stereocenters. The monoisotopic (exact) mass is 348 g/mol. The maximum atomic E-state index is 12.6. The average Bonchev–Trinajstić information content (AvgIpc) is 2.65. The van der Waals surface area contributed by atoms with Crippen molar-refractivity contribution in [3.8, 4) is 5.75 Å². The van der Waals surface area contributed by atoms with Crippen LogP contribution in [-0.2, 0) is 7.05 Å². The third-order valence-corrected chi connectivity index (χ3v) is 4.31. The van der Waals surface area contributed by atoms with Gasteiger partial charge in [0.25, 0.3) is 5.56 Å². The van der Waals surface area contributed by atoms with Crippen molar-refractivity contribution in [2.24, 2.45) is 12.8 Å². The summed E-state index contributed by atoms with van der Waals surface area (Å²) in [6.45, 7) is 0. The van der Waals surface area contributed by atoms with Crippen molar-refractivity contribution >= 4 is 22.8 Å². The van der Waals surface area contributed by atoms with Crippen LogP contribution in [-0.4, -0.2) is 21.5 Å². The number of para-hydroxylation sites is 1. The largest absolute Gasteiger partial charge is 0.506 e. The van der Waals surface area contributed by atoms with Crippen LogP contribution >= 0.6 is 0 Å². The Labute approximate surface area is 151 Å². The van der Waals surface area contributed by atoms with Gasteiger partial charge >= 0.3 is 0 Å². The van der Waals surface area contributed by atoms with Crippen LogP contribution in [0, 0.1) is 0 Å². The van der Waals surface area contributed by atoms with Crippen molar-refractivity contribution in [2.45, 2.75) is 12.5 Å². The Bertz CT molecular complexity index is 1040. The number of carbonyl (C=O) groups excluding carboxylic acids is 1. The second kappa shape index (κ2) is 7.37. The molecule has 0 saturated carbocycles. The fraction of sp³-hybridized carbons (Fsp3) is 0.143. The van der Waals surface area contributed by atoms with Gasteiger partial charge in [0, 0.05) is 24.9 Å². The number of ketones is 1. The van der Waals surface area contributed by atoms with Gasteiger partial charge in [-0.15, -0.1) is 0 Å². The molecule has 3 N–H and O–H groups in total. The van der Waals surface area contributed by atoms with Crippen LogP contribution in [0.2, 0.25) is 0 Å². The molecular weight excluding hydrogens is 328 g/mol. The molecule has 1 heterocycles. The molecular formula is C21H20N2O3. The molecule has 3 rings (SSSR count). The number of pyridine rings is 1. The third-order valence-electron chi connectivity index (χ3n) is 4.31. The van der Waals surface area contributed by atoms with Crippen molar-refractivity contribution in [1.29, 1.82) is 0 Å². The Morgan fingerprint density at radius 3 is 2.54 bits per heavy atom. The molecule has 5 heteroatoms. The second-order valence-corrected chi connectivity index (χ2v) is 6.17. The SMILES string of the molecule is Cn1c(=O)c(C(=O)CC(N)/C=C/c2ccccc2)c(O)c2ccccc21. The van der Waals surface area contributed by atoms with Gasteiger partial charge < -0.3 is 15.4 Å². The number of carbonyl (C=O) groups is 1. The zero-order valence-corrected chi connectivity index (χ0v) is 14.4. The number of fused-ring (bicyclic) bond motifs is 1. The van der Waals surface area contributed by atoms with E-state index in [1.165, 1.54) is 4.57 Å². The first-order valence-corrected chi connectivity index (χ1v) is 8.31. The smallest absolute Gasteiger partial charge is 0.265 e. The molecule has 26 heavy (non-hydrogen) atoms. The topological polar surface area (TPSA) is 85.3 Å². The molecule has 0 amide bonds. The highest BCUT2D eigenvalue weighted by molar-refractivity contribution is 6.03. The van der Waals surface area contributed by atoms with Gasteiger partial charge in [-0.3, -0.25) is 9.59 Å². The molecule has 132 valence electrons. The first kappa shape index (κ1) is 17.6. The molecule has 0 fully saturated rings. The standard InChI is InChI=1S/C21H20N2O3/c1-23-17-10-6-5-9-16(17)20(25)19(21(23)26)18(24)13-15(22)12-11-14-7-3-2-4-8-14/h2-12,15,25H,13,22H2,1H3/b12-11+. The van der Waals surface area contributed by atoms with E-state index in [9.17, 15) is 14.7 Å². The number of rotatable bonds is 5. The lowest BCUT2D eigenvalue weighted by Crippen LogP contribution is -2.28. The first-order valence-electron chi connectivity index (χ1n) is 8.31. The summed E-state index contributed by atoms with van der Waals surface area (Å²) in [6, 6.07) is 15.9. The van der Waals surface area contributed by atoms with Gasteiger partial charge in [0.1, 0.15) is 11.3 Å². The Morgan fingerprint density at radius 1 is 1.15 bits per heavy atom. The number of hydrogen-bond acceptors (Lipinski definition) is 4. The van der Waals surface area contributed by atoms with Gasteiger partial charge in [0.2, 0.25) is 0 Å². The van der Waals surface area contributed by atoms with E-state index in [4.69, 9.17) is 5.73 Å². The van der Waals surface area contributed by atoms with Gasteiger partial charge in [-0.25, -0.2) is 0 Å². The fourth-order valence-electron chi connectivity index (χ4n) is 2.91. The van der Waals surface area contributed by atoms with E-state index in [1.807, 2.05) is 36.4 Å². The average molecular weight is 348 g/mol. The van der Waals surface area contributed by atoms with Crippen molar-refractivity contribution in [1.82, 2.24) is 4.57 Å². The quantitative estimate of drug-likeness (QED) is 0.694. The van der Waals surface area contributed by atoms with E-state index in [2.05, 4.69) is 0 Å². The predicted octanol–water partition coefficient (Wildman–Crippen LogP) is 2.86. The molecule has 1 atom stereocenters. The van der Waals surface area contributed by atoms with Gasteiger partial charge in [0.15, 0.2) is 5.78 Å². The fourth-order valence-corrected chi connectivity index (χ4v) is 2.91. The van der Waals surface area contributed by atoms with Crippen molar-refractivity contribution in [3.63, 3.8) is 0 Å². The molecule has 0 aliphatic rings. The Hall–Kier alpha value is -3.18. The summed E-state index contributed by atoms with van der Waals surface area (Å²) in [5.74, 6) is -0.757. The number of nitrogens with zero attached hydrogens (tertiary/aromatic N) is 1. The van der Waals surface area contributed by atoms with Gasteiger partial charge in [-0.05, 0) is 17.7 Å². The highest BCUT2D eigenvalue weighted by atomic mass is 16.3. The van der Waals surface area contributed by atoms with Crippen LogP contribution in [0.15, 0.2) is 65.5 Å². The van der Waals surface area contributed by atoms with E-state index in [-0.39, 0.29) is 17.7 Å². The highest BCUT2D eigenvalue weighted by Gasteiger charge is 2.21.